The van der Waals surface area contributed by atoms with Gasteiger partial charge in [-0.2, -0.15) is 0 Å². The van der Waals surface area contributed by atoms with Gasteiger partial charge in [-0.05, 0) is 29.7 Å². The van der Waals surface area contributed by atoms with E-state index in [2.05, 4.69) is 46.2 Å². The lowest BCUT2D eigenvalue weighted by Crippen LogP contribution is -3.15. The van der Waals surface area contributed by atoms with Crippen LogP contribution in [-0.4, -0.2) is 48.6 Å². The summed E-state index contributed by atoms with van der Waals surface area (Å²) in [5, 5.41) is 3.00. The van der Waals surface area contributed by atoms with Crippen LogP contribution in [0.3, 0.4) is 0 Å². The number of carbonyl (C=O) groups is 1. The van der Waals surface area contributed by atoms with Gasteiger partial charge in [0.05, 0.1) is 26.2 Å². The Labute approximate surface area is 148 Å². The van der Waals surface area contributed by atoms with Crippen molar-refractivity contribution in [3.63, 3.8) is 0 Å². The van der Waals surface area contributed by atoms with Gasteiger partial charge in [-0.3, -0.25) is 4.79 Å². The summed E-state index contributed by atoms with van der Waals surface area (Å²) in [5.74, 6) is 1.34. The minimum atomic E-state index is 0.0664. The molecule has 1 saturated heterocycles. The second-order valence-corrected chi connectivity index (χ2v) is 6.79. The number of nitrogens with one attached hydrogen (secondary N) is 2. The molecule has 3 rings (SSSR count). The van der Waals surface area contributed by atoms with Crippen LogP contribution < -0.4 is 15.1 Å². The highest BCUT2D eigenvalue weighted by molar-refractivity contribution is 5.91. The summed E-state index contributed by atoms with van der Waals surface area (Å²) in [6, 6.07) is 9.93. The molecule has 1 aromatic heterocycles. The molecule has 1 aromatic carbocycles. The highest BCUT2D eigenvalue weighted by Crippen LogP contribution is 2.16. The first-order valence-corrected chi connectivity index (χ1v) is 8.87. The highest BCUT2D eigenvalue weighted by Gasteiger charge is 2.23. The Morgan fingerprint density at radius 3 is 2.40 bits per heavy atom. The lowest BCUT2D eigenvalue weighted by atomic mass is 10.0. The molecule has 0 atom stereocenters. The van der Waals surface area contributed by atoms with Crippen molar-refractivity contribution in [1.29, 1.82) is 0 Å². The van der Waals surface area contributed by atoms with Crippen LogP contribution in [0, 0.1) is 0 Å². The van der Waals surface area contributed by atoms with E-state index in [9.17, 15) is 4.79 Å². The molecule has 0 unspecified atom stereocenters. The smallest absolute Gasteiger partial charge is 0.279 e. The molecular weight excluding hydrogens is 314 g/mol. The molecule has 2 N–H and O–H groups in total. The van der Waals surface area contributed by atoms with E-state index in [0.717, 1.165) is 37.8 Å². The van der Waals surface area contributed by atoms with E-state index in [1.165, 1.54) is 10.5 Å². The van der Waals surface area contributed by atoms with Gasteiger partial charge in [0.25, 0.3) is 5.91 Å². The second-order valence-electron chi connectivity index (χ2n) is 6.79. The van der Waals surface area contributed by atoms with E-state index in [4.69, 9.17) is 0 Å². The Morgan fingerprint density at radius 1 is 1.16 bits per heavy atom. The van der Waals surface area contributed by atoms with Crippen molar-refractivity contribution >= 4 is 17.5 Å². The van der Waals surface area contributed by atoms with Crippen molar-refractivity contribution in [2.45, 2.75) is 19.8 Å². The normalized spacial score (nSPS) is 15.4. The number of piperazine rings is 1. The van der Waals surface area contributed by atoms with Gasteiger partial charge >= 0.3 is 0 Å². The minimum absolute atomic E-state index is 0.0664. The Kier molecular flexibility index (Phi) is 5.60. The van der Waals surface area contributed by atoms with E-state index in [0.29, 0.717) is 12.5 Å². The molecule has 6 nitrogen and oxygen atoms in total. The SMILES string of the molecule is CC(C)c1ccc(NC(=O)C[NH+]2CCN(c3ncccn3)CC2)cc1. The fourth-order valence-electron chi connectivity index (χ4n) is 3.04. The van der Waals surface area contributed by atoms with Gasteiger partial charge < -0.3 is 15.1 Å². The van der Waals surface area contributed by atoms with E-state index in [-0.39, 0.29) is 5.91 Å². The first-order valence-electron chi connectivity index (χ1n) is 8.87. The van der Waals surface area contributed by atoms with Crippen LogP contribution in [0.25, 0.3) is 0 Å². The van der Waals surface area contributed by atoms with Gasteiger partial charge in [-0.1, -0.05) is 26.0 Å². The molecule has 1 aliphatic heterocycles. The Hall–Kier alpha value is -2.47. The van der Waals surface area contributed by atoms with Crippen molar-refractivity contribution in [2.24, 2.45) is 0 Å². The van der Waals surface area contributed by atoms with Gasteiger partial charge in [0.2, 0.25) is 5.95 Å². The van der Waals surface area contributed by atoms with E-state index in [1.54, 1.807) is 12.4 Å². The number of anilines is 2. The molecule has 0 spiro atoms. The number of aromatic nitrogens is 2. The minimum Gasteiger partial charge on any atom is -0.330 e. The van der Waals surface area contributed by atoms with Crippen LogP contribution in [0.1, 0.15) is 25.3 Å². The van der Waals surface area contributed by atoms with E-state index < -0.39 is 0 Å². The van der Waals surface area contributed by atoms with Gasteiger partial charge in [0.1, 0.15) is 0 Å². The third kappa shape index (κ3) is 4.76. The van der Waals surface area contributed by atoms with Crippen LogP contribution in [-0.2, 0) is 4.79 Å². The molecule has 1 aliphatic rings. The average Bonchev–Trinajstić information content (AvgIpc) is 2.63. The zero-order valence-electron chi connectivity index (χ0n) is 14.9. The van der Waals surface area contributed by atoms with Gasteiger partial charge in [0, 0.05) is 18.1 Å². The predicted molar refractivity (Wildman–Crippen MR) is 99.0 cm³/mol. The Balaban J connectivity index is 1.46. The summed E-state index contributed by atoms with van der Waals surface area (Å²) < 4.78 is 0. The molecular formula is C19H26N5O+. The third-order valence-corrected chi connectivity index (χ3v) is 4.58. The summed E-state index contributed by atoms with van der Waals surface area (Å²) in [4.78, 5) is 24.3. The van der Waals surface area contributed by atoms with E-state index >= 15 is 0 Å². The van der Waals surface area contributed by atoms with Crippen LogP contribution in [0.2, 0.25) is 0 Å². The molecule has 0 bridgehead atoms. The van der Waals surface area contributed by atoms with Crippen LogP contribution in [0.4, 0.5) is 11.6 Å². The molecule has 0 aliphatic carbocycles. The fourth-order valence-corrected chi connectivity index (χ4v) is 3.04. The maximum absolute atomic E-state index is 12.3. The molecule has 6 heteroatoms. The number of nitrogens with zero attached hydrogens (tertiary/aromatic N) is 3. The maximum atomic E-state index is 12.3. The molecule has 2 heterocycles. The summed E-state index contributed by atoms with van der Waals surface area (Å²) in [6.45, 7) is 8.39. The number of quaternary nitrogens is 1. The molecule has 0 saturated carbocycles. The summed E-state index contributed by atoms with van der Waals surface area (Å²) in [7, 11) is 0. The molecule has 0 radical (unpaired) electrons. The zero-order valence-corrected chi connectivity index (χ0v) is 14.9. The number of carbonyl (C=O) groups excluding carboxylic acids is 1. The summed E-state index contributed by atoms with van der Waals surface area (Å²) >= 11 is 0. The van der Waals surface area contributed by atoms with Crippen LogP contribution in [0.5, 0.6) is 0 Å². The highest BCUT2D eigenvalue weighted by atomic mass is 16.2. The maximum Gasteiger partial charge on any atom is 0.279 e. The molecule has 25 heavy (non-hydrogen) atoms. The number of hydrogen-bond acceptors (Lipinski definition) is 4. The second kappa shape index (κ2) is 8.07. The van der Waals surface area contributed by atoms with Crippen LogP contribution in [0.15, 0.2) is 42.7 Å². The monoisotopic (exact) mass is 340 g/mol. The number of hydrogen-bond donors (Lipinski definition) is 2. The van der Waals surface area contributed by atoms with Crippen LogP contribution >= 0.6 is 0 Å². The summed E-state index contributed by atoms with van der Waals surface area (Å²) in [5.41, 5.74) is 2.15. The lowest BCUT2D eigenvalue weighted by Gasteiger charge is -2.31. The first-order chi connectivity index (χ1) is 12.1. The van der Waals surface area contributed by atoms with Crippen molar-refractivity contribution in [2.75, 3.05) is 42.9 Å². The molecule has 132 valence electrons. The number of benzene rings is 1. The Bertz CT molecular complexity index is 679. The predicted octanol–water partition coefficient (Wildman–Crippen LogP) is 0.944. The zero-order chi connectivity index (χ0) is 17.6. The third-order valence-electron chi connectivity index (χ3n) is 4.58. The Morgan fingerprint density at radius 2 is 1.80 bits per heavy atom. The number of amides is 1. The van der Waals surface area contributed by atoms with Gasteiger partial charge in [-0.25, -0.2) is 9.97 Å². The largest absolute Gasteiger partial charge is 0.330 e. The molecule has 1 amide bonds. The molecule has 2 aromatic rings. The van der Waals surface area contributed by atoms with Gasteiger partial charge in [0.15, 0.2) is 6.54 Å². The van der Waals surface area contributed by atoms with Gasteiger partial charge in [-0.15, -0.1) is 0 Å². The number of rotatable bonds is 5. The fraction of sp³-hybridized carbons (Fsp3) is 0.421. The average molecular weight is 340 g/mol. The lowest BCUT2D eigenvalue weighted by molar-refractivity contribution is -0.892. The summed E-state index contributed by atoms with van der Waals surface area (Å²) in [6.07, 6.45) is 3.53. The first kappa shape index (κ1) is 17.4. The van der Waals surface area contributed by atoms with Crippen molar-refractivity contribution in [3.8, 4) is 0 Å². The topological polar surface area (TPSA) is 62.6 Å². The quantitative estimate of drug-likeness (QED) is 0.851. The van der Waals surface area contributed by atoms with Crippen molar-refractivity contribution < 1.29 is 9.69 Å². The standard InChI is InChI=1S/C19H25N5O/c1-15(2)16-4-6-17(7-5-16)22-18(25)14-23-10-12-24(13-11-23)19-20-8-3-9-21-19/h3-9,15H,10-14H2,1-2H3,(H,22,25)/p+1. The molecule has 1 fully saturated rings. The van der Waals surface area contributed by atoms with Crippen molar-refractivity contribution in [3.05, 3.63) is 48.3 Å². The van der Waals surface area contributed by atoms with Crippen molar-refractivity contribution in [1.82, 2.24) is 9.97 Å². The van der Waals surface area contributed by atoms with E-state index in [1.807, 2.05) is 18.2 Å².